The van der Waals surface area contributed by atoms with Crippen molar-refractivity contribution in [3.8, 4) is 28.8 Å². The molecule has 0 unspecified atom stereocenters. The van der Waals surface area contributed by atoms with Crippen molar-refractivity contribution >= 4 is 0 Å². The number of nitrogens with zero attached hydrogens (tertiary/aromatic N) is 2. The van der Waals surface area contributed by atoms with Gasteiger partial charge in [-0.15, -0.1) is 0 Å². The van der Waals surface area contributed by atoms with Crippen LogP contribution < -0.4 is 4.74 Å². The normalized spacial score (nSPS) is 9.65. The molecule has 17 heavy (non-hydrogen) atoms. The third-order valence-electron chi connectivity index (χ3n) is 2.38. The smallest absolute Gasteiger partial charge is 0.145 e. The second-order valence-electron chi connectivity index (χ2n) is 3.40. The number of hydrogen-bond acceptors (Lipinski definition) is 4. The number of ether oxygens (including phenoxy) is 1. The van der Waals surface area contributed by atoms with Gasteiger partial charge in [-0.25, -0.2) is 0 Å². The van der Waals surface area contributed by atoms with Gasteiger partial charge in [0.2, 0.25) is 0 Å². The number of phenols is 1. The fourth-order valence-electron chi connectivity index (χ4n) is 1.54. The number of benzene rings is 1. The van der Waals surface area contributed by atoms with Crippen LogP contribution in [0.25, 0.3) is 11.3 Å². The van der Waals surface area contributed by atoms with Gasteiger partial charge in [-0.1, -0.05) is 0 Å². The minimum atomic E-state index is -0.0360. The molecule has 0 bridgehead atoms. The molecule has 0 aliphatic heterocycles. The number of aromatic nitrogens is 1. The predicted octanol–water partition coefficient (Wildman–Crippen LogP) is 2.33. The maximum absolute atomic E-state index is 9.43. The van der Waals surface area contributed by atoms with Gasteiger partial charge in [0, 0.05) is 11.8 Å². The molecule has 4 heteroatoms. The Bertz CT molecular complexity index is 588. The zero-order chi connectivity index (χ0) is 12.3. The second kappa shape index (κ2) is 4.54. The minimum Gasteiger partial charge on any atom is -0.507 e. The van der Waals surface area contributed by atoms with E-state index in [0.717, 1.165) is 5.56 Å². The molecule has 84 valence electrons. The van der Waals surface area contributed by atoms with E-state index in [9.17, 15) is 5.11 Å². The third-order valence-corrected chi connectivity index (χ3v) is 2.38. The molecule has 0 aliphatic carbocycles. The van der Waals surface area contributed by atoms with Crippen molar-refractivity contribution in [2.45, 2.75) is 0 Å². The van der Waals surface area contributed by atoms with E-state index in [2.05, 4.69) is 4.98 Å². The van der Waals surface area contributed by atoms with Crippen molar-refractivity contribution < 1.29 is 9.84 Å². The molecule has 2 aromatic rings. The Kier molecular flexibility index (Phi) is 2.93. The molecule has 0 aliphatic rings. The highest BCUT2D eigenvalue weighted by atomic mass is 16.5. The number of pyridine rings is 1. The van der Waals surface area contributed by atoms with Gasteiger partial charge in [0.25, 0.3) is 0 Å². The summed E-state index contributed by atoms with van der Waals surface area (Å²) in [6.45, 7) is 0. The van der Waals surface area contributed by atoms with Crippen molar-refractivity contribution in [2.75, 3.05) is 7.11 Å². The van der Waals surface area contributed by atoms with Crippen LogP contribution in [-0.2, 0) is 0 Å². The van der Waals surface area contributed by atoms with Crippen molar-refractivity contribution in [3.63, 3.8) is 0 Å². The molecule has 0 fully saturated rings. The summed E-state index contributed by atoms with van der Waals surface area (Å²) in [7, 11) is 1.56. The Morgan fingerprint density at radius 1 is 1.35 bits per heavy atom. The molecule has 0 atom stereocenters. The predicted molar refractivity (Wildman–Crippen MR) is 62.6 cm³/mol. The number of methoxy groups -OCH3 is 1. The van der Waals surface area contributed by atoms with E-state index >= 15 is 0 Å². The Morgan fingerprint density at radius 3 is 2.88 bits per heavy atom. The lowest BCUT2D eigenvalue weighted by molar-refractivity contribution is 0.415. The highest BCUT2D eigenvalue weighted by Gasteiger charge is 2.09. The van der Waals surface area contributed by atoms with Crippen molar-refractivity contribution in [1.82, 2.24) is 4.98 Å². The van der Waals surface area contributed by atoms with Crippen molar-refractivity contribution in [2.24, 2.45) is 0 Å². The monoisotopic (exact) mass is 226 g/mol. The summed E-state index contributed by atoms with van der Waals surface area (Å²) < 4.78 is 5.20. The summed E-state index contributed by atoms with van der Waals surface area (Å²) in [6, 6.07) is 10.2. The molecule has 2 rings (SSSR count). The summed E-state index contributed by atoms with van der Waals surface area (Å²) in [5.74, 6) is 0.591. The largest absolute Gasteiger partial charge is 0.507 e. The summed E-state index contributed by atoms with van der Waals surface area (Å²) in [4.78, 5) is 4.21. The minimum absolute atomic E-state index is 0.0360. The van der Waals surface area contributed by atoms with E-state index in [1.54, 1.807) is 37.6 Å². The van der Waals surface area contributed by atoms with Crippen molar-refractivity contribution in [1.29, 1.82) is 5.26 Å². The first-order valence-electron chi connectivity index (χ1n) is 4.98. The number of nitriles is 1. The van der Waals surface area contributed by atoms with E-state index in [1.165, 1.54) is 6.07 Å². The van der Waals surface area contributed by atoms with Crippen LogP contribution in [0.4, 0.5) is 0 Å². The standard InChI is InChI=1S/C13H10N2O2/c1-17-12-3-2-6-15-13(12)9-4-5-11(16)10(7-9)8-14/h2-7,16H,1H3. The number of rotatable bonds is 2. The van der Waals surface area contributed by atoms with Crippen LogP contribution >= 0.6 is 0 Å². The van der Waals surface area contributed by atoms with Crippen LogP contribution in [-0.4, -0.2) is 17.2 Å². The Labute approximate surface area is 98.7 Å². The van der Waals surface area contributed by atoms with E-state index in [1.807, 2.05) is 6.07 Å². The number of phenolic OH excluding ortho intramolecular Hbond substituents is 1. The van der Waals surface area contributed by atoms with Gasteiger partial charge < -0.3 is 9.84 Å². The highest BCUT2D eigenvalue weighted by Crippen LogP contribution is 2.30. The van der Waals surface area contributed by atoms with Gasteiger partial charge in [-0.3, -0.25) is 4.98 Å². The Balaban J connectivity index is 2.58. The van der Waals surface area contributed by atoms with Crippen LogP contribution in [0, 0.1) is 11.3 Å². The summed E-state index contributed by atoms with van der Waals surface area (Å²) in [6.07, 6.45) is 1.65. The average molecular weight is 226 g/mol. The van der Waals surface area contributed by atoms with Crippen LogP contribution in [0.3, 0.4) is 0 Å². The molecule has 0 spiro atoms. The molecule has 1 N–H and O–H groups in total. The van der Waals surface area contributed by atoms with Crippen LogP contribution in [0.15, 0.2) is 36.5 Å². The van der Waals surface area contributed by atoms with Crippen molar-refractivity contribution in [3.05, 3.63) is 42.1 Å². The Hall–Kier alpha value is -2.54. The quantitative estimate of drug-likeness (QED) is 0.853. The van der Waals surface area contributed by atoms with Gasteiger partial charge in [-0.05, 0) is 30.3 Å². The highest BCUT2D eigenvalue weighted by molar-refractivity contribution is 5.69. The molecule has 1 aromatic heterocycles. The van der Waals surface area contributed by atoms with Gasteiger partial charge >= 0.3 is 0 Å². The first kappa shape index (κ1) is 11.0. The molecular weight excluding hydrogens is 216 g/mol. The molecule has 1 heterocycles. The number of aromatic hydroxyl groups is 1. The SMILES string of the molecule is COc1cccnc1-c1ccc(O)c(C#N)c1. The molecule has 0 saturated heterocycles. The lowest BCUT2D eigenvalue weighted by Gasteiger charge is -2.07. The van der Waals surface area contributed by atoms with Crippen LogP contribution in [0.1, 0.15) is 5.56 Å². The van der Waals surface area contributed by atoms with E-state index in [-0.39, 0.29) is 11.3 Å². The summed E-state index contributed by atoms with van der Waals surface area (Å²) >= 11 is 0. The number of hydrogen-bond donors (Lipinski definition) is 1. The van der Waals surface area contributed by atoms with E-state index in [0.29, 0.717) is 11.4 Å². The maximum Gasteiger partial charge on any atom is 0.145 e. The second-order valence-corrected chi connectivity index (χ2v) is 3.40. The van der Waals surface area contributed by atoms with E-state index < -0.39 is 0 Å². The zero-order valence-corrected chi connectivity index (χ0v) is 9.21. The molecule has 4 nitrogen and oxygen atoms in total. The van der Waals surface area contributed by atoms with Gasteiger partial charge in [0.05, 0.1) is 12.7 Å². The summed E-state index contributed by atoms with van der Waals surface area (Å²) in [5.41, 5.74) is 1.60. The topological polar surface area (TPSA) is 66.1 Å². The maximum atomic E-state index is 9.43. The summed E-state index contributed by atoms with van der Waals surface area (Å²) in [5, 5.41) is 18.3. The van der Waals surface area contributed by atoms with Gasteiger partial charge in [-0.2, -0.15) is 5.26 Å². The molecular formula is C13H10N2O2. The van der Waals surface area contributed by atoms with E-state index in [4.69, 9.17) is 10.00 Å². The fraction of sp³-hybridized carbons (Fsp3) is 0.0769. The first-order valence-corrected chi connectivity index (χ1v) is 4.98. The van der Waals surface area contributed by atoms with Gasteiger partial charge in [0.15, 0.2) is 0 Å². The Morgan fingerprint density at radius 2 is 2.18 bits per heavy atom. The average Bonchev–Trinajstić information content (AvgIpc) is 2.39. The van der Waals surface area contributed by atoms with Crippen LogP contribution in [0.2, 0.25) is 0 Å². The lowest BCUT2D eigenvalue weighted by Crippen LogP contribution is -1.91. The zero-order valence-electron chi connectivity index (χ0n) is 9.21. The van der Waals surface area contributed by atoms with Gasteiger partial charge in [0.1, 0.15) is 23.3 Å². The third kappa shape index (κ3) is 2.04. The first-order chi connectivity index (χ1) is 8.26. The molecule has 0 saturated carbocycles. The van der Waals surface area contributed by atoms with Crippen LogP contribution in [0.5, 0.6) is 11.5 Å². The molecule has 1 aromatic carbocycles. The lowest BCUT2D eigenvalue weighted by atomic mass is 10.1. The molecule has 0 radical (unpaired) electrons. The fourth-order valence-corrected chi connectivity index (χ4v) is 1.54. The molecule has 0 amide bonds.